The molecule has 0 amide bonds. The third-order valence-electron chi connectivity index (χ3n) is 3.54. The Hall–Kier alpha value is -0.580. The molecule has 1 N–H and O–H groups in total. The zero-order chi connectivity index (χ0) is 13.0. The van der Waals surface area contributed by atoms with E-state index < -0.39 is 0 Å². The van der Waals surface area contributed by atoms with Gasteiger partial charge < -0.3 is 10.1 Å². The number of nitrogens with zero attached hydrogens (tertiary/aromatic N) is 2. The van der Waals surface area contributed by atoms with Gasteiger partial charge in [0.1, 0.15) is 0 Å². The monoisotopic (exact) mass is 271 g/mol. The predicted molar refractivity (Wildman–Crippen MR) is 73.0 cm³/mol. The van der Waals surface area contributed by atoms with E-state index >= 15 is 0 Å². The van der Waals surface area contributed by atoms with Gasteiger partial charge in [0.25, 0.3) is 0 Å². The van der Waals surface area contributed by atoms with Crippen LogP contribution >= 0.6 is 11.6 Å². The van der Waals surface area contributed by atoms with Crippen molar-refractivity contribution in [3.8, 4) is 0 Å². The van der Waals surface area contributed by atoms with Gasteiger partial charge in [0.15, 0.2) is 0 Å². The van der Waals surface area contributed by atoms with E-state index in [9.17, 15) is 0 Å². The van der Waals surface area contributed by atoms with Crippen LogP contribution in [0.2, 0.25) is 0 Å². The van der Waals surface area contributed by atoms with Crippen LogP contribution in [0.15, 0.2) is 12.3 Å². The highest BCUT2D eigenvalue weighted by Gasteiger charge is 2.31. The summed E-state index contributed by atoms with van der Waals surface area (Å²) in [5, 5.41) is 8.10. The predicted octanol–water partition coefficient (Wildman–Crippen LogP) is 2.34. The van der Waals surface area contributed by atoms with Crippen LogP contribution in [0.3, 0.4) is 0 Å². The van der Waals surface area contributed by atoms with Crippen LogP contribution in [0.4, 0.5) is 0 Å². The normalized spacial score (nSPS) is 19.3. The molecule has 1 saturated heterocycles. The lowest BCUT2D eigenvalue weighted by atomic mass is 9.92. The highest BCUT2D eigenvalue weighted by molar-refractivity contribution is 6.18. The van der Waals surface area contributed by atoms with Crippen molar-refractivity contribution in [2.75, 3.05) is 19.1 Å². The first kappa shape index (κ1) is 13.8. The Balaban J connectivity index is 1.92. The summed E-state index contributed by atoms with van der Waals surface area (Å²) in [6.45, 7) is 6.61. The molecule has 0 spiro atoms. The highest BCUT2D eigenvalue weighted by Crippen LogP contribution is 2.22. The summed E-state index contributed by atoms with van der Waals surface area (Å²) in [6.07, 6.45) is 3.97. The Bertz CT molecular complexity index is 372. The summed E-state index contributed by atoms with van der Waals surface area (Å²) in [5.41, 5.74) is 1.08. The number of alkyl halides is 1. The summed E-state index contributed by atoms with van der Waals surface area (Å²) in [5.74, 6) is 0.626. The second kappa shape index (κ2) is 6.04. The molecule has 0 radical (unpaired) electrons. The molecule has 1 aromatic rings. The van der Waals surface area contributed by atoms with Gasteiger partial charge >= 0.3 is 0 Å². The topological polar surface area (TPSA) is 39.1 Å². The molecule has 0 atom stereocenters. The lowest BCUT2D eigenvalue weighted by Crippen LogP contribution is -2.50. The molecule has 2 heterocycles. The molecular formula is C13H22ClN3O. The molecule has 5 heteroatoms. The smallest absolute Gasteiger partial charge is 0.0762 e. The maximum absolute atomic E-state index is 6.12. The lowest BCUT2D eigenvalue weighted by Gasteiger charge is -2.36. The second-order valence-corrected chi connectivity index (χ2v) is 5.53. The van der Waals surface area contributed by atoms with Crippen molar-refractivity contribution >= 4 is 11.6 Å². The van der Waals surface area contributed by atoms with Crippen LogP contribution in [-0.2, 0) is 11.3 Å². The van der Waals surface area contributed by atoms with Crippen LogP contribution in [0.1, 0.15) is 38.4 Å². The first-order chi connectivity index (χ1) is 8.65. The molecule has 0 unspecified atom stereocenters. The molecule has 1 fully saturated rings. The molecule has 1 aromatic heterocycles. The fourth-order valence-corrected chi connectivity index (χ4v) is 2.52. The summed E-state index contributed by atoms with van der Waals surface area (Å²) in [4.78, 5) is 0. The third kappa shape index (κ3) is 3.25. The van der Waals surface area contributed by atoms with Crippen molar-refractivity contribution in [2.45, 2.75) is 44.8 Å². The zero-order valence-electron chi connectivity index (χ0n) is 11.2. The van der Waals surface area contributed by atoms with E-state index in [0.717, 1.165) is 38.3 Å². The summed E-state index contributed by atoms with van der Waals surface area (Å²) < 4.78 is 7.38. The van der Waals surface area contributed by atoms with Gasteiger partial charge in [-0.15, -0.1) is 11.6 Å². The van der Waals surface area contributed by atoms with Crippen molar-refractivity contribution in [3.63, 3.8) is 0 Å². The summed E-state index contributed by atoms with van der Waals surface area (Å²) in [7, 11) is 0. The van der Waals surface area contributed by atoms with E-state index in [-0.39, 0.29) is 5.54 Å². The number of rotatable bonds is 5. The first-order valence-corrected chi connectivity index (χ1v) is 7.11. The minimum absolute atomic E-state index is 0.0153. The second-order valence-electron chi connectivity index (χ2n) is 5.26. The molecule has 2 rings (SSSR count). The van der Waals surface area contributed by atoms with Gasteiger partial charge in [-0.1, -0.05) is 0 Å². The van der Waals surface area contributed by atoms with Crippen molar-refractivity contribution in [3.05, 3.63) is 18.0 Å². The van der Waals surface area contributed by atoms with Crippen molar-refractivity contribution in [1.29, 1.82) is 0 Å². The average molecular weight is 272 g/mol. The molecule has 0 aliphatic carbocycles. The number of halogens is 1. The van der Waals surface area contributed by atoms with Gasteiger partial charge in [0.05, 0.1) is 5.69 Å². The zero-order valence-corrected chi connectivity index (χ0v) is 11.9. The number of aromatic nitrogens is 2. The molecule has 102 valence electrons. The largest absolute Gasteiger partial charge is 0.381 e. The van der Waals surface area contributed by atoms with Gasteiger partial charge in [-0.05, 0) is 32.8 Å². The molecular weight excluding hydrogens is 250 g/mol. The Kier molecular flexibility index (Phi) is 4.65. The molecule has 1 aliphatic rings. The Labute approximate surface area is 114 Å². The minimum atomic E-state index is 0.0153. The summed E-state index contributed by atoms with van der Waals surface area (Å²) in [6, 6.07) is 2.47. The van der Waals surface area contributed by atoms with E-state index in [0.29, 0.717) is 11.9 Å². The Morgan fingerprint density at radius 2 is 2.22 bits per heavy atom. The quantitative estimate of drug-likeness (QED) is 0.836. The van der Waals surface area contributed by atoms with E-state index in [1.807, 2.05) is 10.9 Å². The average Bonchev–Trinajstić information content (AvgIpc) is 2.87. The fraction of sp³-hybridized carbons (Fsp3) is 0.769. The first-order valence-electron chi connectivity index (χ1n) is 6.58. The van der Waals surface area contributed by atoms with Gasteiger partial charge in [0, 0.05) is 43.4 Å². The van der Waals surface area contributed by atoms with Crippen molar-refractivity contribution in [2.24, 2.45) is 0 Å². The number of ether oxygens (including phenoxy) is 1. The van der Waals surface area contributed by atoms with E-state index in [4.69, 9.17) is 16.3 Å². The molecule has 1 aliphatic heterocycles. The van der Waals surface area contributed by atoms with Crippen LogP contribution in [0, 0.1) is 0 Å². The van der Waals surface area contributed by atoms with Crippen LogP contribution in [0.5, 0.6) is 0 Å². The SMILES string of the molecule is CC(C)n1ccc(CNC2(CCl)CCOCC2)n1. The van der Waals surface area contributed by atoms with Crippen LogP contribution in [-0.4, -0.2) is 34.4 Å². The maximum Gasteiger partial charge on any atom is 0.0762 e. The summed E-state index contributed by atoms with van der Waals surface area (Å²) >= 11 is 6.12. The Morgan fingerprint density at radius 3 is 2.78 bits per heavy atom. The van der Waals surface area contributed by atoms with Crippen molar-refractivity contribution in [1.82, 2.24) is 15.1 Å². The van der Waals surface area contributed by atoms with Crippen molar-refractivity contribution < 1.29 is 4.74 Å². The van der Waals surface area contributed by atoms with E-state index in [1.165, 1.54) is 0 Å². The molecule has 0 saturated carbocycles. The maximum atomic E-state index is 6.12. The lowest BCUT2D eigenvalue weighted by molar-refractivity contribution is 0.0457. The molecule has 4 nitrogen and oxygen atoms in total. The number of hydrogen-bond donors (Lipinski definition) is 1. The van der Waals surface area contributed by atoms with Gasteiger partial charge in [-0.2, -0.15) is 5.10 Å². The minimum Gasteiger partial charge on any atom is -0.381 e. The van der Waals surface area contributed by atoms with Crippen LogP contribution in [0.25, 0.3) is 0 Å². The number of hydrogen-bond acceptors (Lipinski definition) is 3. The van der Waals surface area contributed by atoms with E-state index in [1.54, 1.807) is 0 Å². The Morgan fingerprint density at radius 1 is 1.50 bits per heavy atom. The highest BCUT2D eigenvalue weighted by atomic mass is 35.5. The molecule has 0 aromatic carbocycles. The fourth-order valence-electron chi connectivity index (χ4n) is 2.16. The van der Waals surface area contributed by atoms with E-state index in [2.05, 4.69) is 30.3 Å². The van der Waals surface area contributed by atoms with Gasteiger partial charge in [-0.25, -0.2) is 0 Å². The van der Waals surface area contributed by atoms with Gasteiger partial charge in [0.2, 0.25) is 0 Å². The third-order valence-corrected chi connectivity index (χ3v) is 4.05. The standard InChI is InChI=1S/C13H22ClN3O/c1-11(2)17-6-3-12(16-17)9-15-13(10-14)4-7-18-8-5-13/h3,6,11,15H,4-5,7-10H2,1-2H3. The van der Waals surface area contributed by atoms with Crippen LogP contribution < -0.4 is 5.32 Å². The molecule has 0 bridgehead atoms. The van der Waals surface area contributed by atoms with Gasteiger partial charge in [-0.3, -0.25) is 4.68 Å². The number of nitrogens with one attached hydrogen (secondary N) is 1. The molecule has 18 heavy (non-hydrogen) atoms.